The zero-order valence-electron chi connectivity index (χ0n) is 17.4. The number of H-pyrrole nitrogens is 2. The van der Waals surface area contributed by atoms with Gasteiger partial charge in [0.25, 0.3) is 0 Å². The Labute approximate surface area is 183 Å². The fourth-order valence-corrected chi connectivity index (χ4v) is 3.38. The number of carbonyl (C=O) groups excluding carboxylic acids is 2. The molecule has 0 fully saturated rings. The van der Waals surface area contributed by atoms with Crippen molar-refractivity contribution >= 4 is 28.7 Å². The highest BCUT2D eigenvalue weighted by molar-refractivity contribution is 5.93. The molecule has 0 aliphatic carbocycles. The molecule has 3 aromatic rings. The van der Waals surface area contributed by atoms with Crippen LogP contribution in [0.25, 0.3) is 10.9 Å². The maximum atomic E-state index is 12.9. The van der Waals surface area contributed by atoms with Crippen LogP contribution in [0.2, 0.25) is 0 Å². The van der Waals surface area contributed by atoms with Gasteiger partial charge in [-0.05, 0) is 18.6 Å². The van der Waals surface area contributed by atoms with Crippen molar-refractivity contribution in [2.24, 2.45) is 5.73 Å². The monoisotopic (exact) mass is 442 g/mol. The molecule has 0 aliphatic rings. The Balaban J connectivity index is 1.80. The molecule has 2 amide bonds. The van der Waals surface area contributed by atoms with Crippen molar-refractivity contribution < 1.29 is 24.6 Å². The Morgan fingerprint density at radius 1 is 1.12 bits per heavy atom. The summed E-state index contributed by atoms with van der Waals surface area (Å²) in [7, 11) is 0. The number of imidazole rings is 1. The van der Waals surface area contributed by atoms with E-state index < -0.39 is 42.0 Å². The van der Waals surface area contributed by atoms with Gasteiger partial charge in [0.15, 0.2) is 6.04 Å². The number of aliphatic carboxylic acids is 1. The van der Waals surface area contributed by atoms with Crippen LogP contribution in [0.3, 0.4) is 0 Å². The van der Waals surface area contributed by atoms with Crippen molar-refractivity contribution in [3.63, 3.8) is 0 Å². The maximum Gasteiger partial charge on any atom is 0.328 e. The highest BCUT2D eigenvalue weighted by atomic mass is 16.4. The second-order valence-corrected chi connectivity index (χ2v) is 7.58. The lowest BCUT2D eigenvalue weighted by Gasteiger charge is -2.24. The van der Waals surface area contributed by atoms with Crippen LogP contribution in [0.1, 0.15) is 18.2 Å². The number of carboxylic acid groups (broad SMARTS) is 1. The molecule has 4 unspecified atom stereocenters. The van der Waals surface area contributed by atoms with E-state index in [1.807, 2.05) is 24.3 Å². The Kier molecular flexibility index (Phi) is 7.23. The fourth-order valence-electron chi connectivity index (χ4n) is 3.38. The van der Waals surface area contributed by atoms with Gasteiger partial charge in [0.2, 0.25) is 11.8 Å². The summed E-state index contributed by atoms with van der Waals surface area (Å²) in [4.78, 5) is 46.9. The van der Waals surface area contributed by atoms with Gasteiger partial charge in [-0.3, -0.25) is 9.59 Å². The fraction of sp³-hybridized carbons (Fsp3) is 0.333. The zero-order chi connectivity index (χ0) is 23.3. The summed E-state index contributed by atoms with van der Waals surface area (Å²) in [6, 6.07) is 3.86. The number of aromatic nitrogens is 3. The Morgan fingerprint density at radius 3 is 2.53 bits per heavy atom. The van der Waals surface area contributed by atoms with Crippen molar-refractivity contribution in [3.8, 4) is 0 Å². The first-order valence-electron chi connectivity index (χ1n) is 10.1. The standard InChI is InChI=1S/C21H26N6O5/c1-11(28)18(21(31)32)27-20(30)17(6-12-8-24-16-5-3-2-4-14(12)16)26-19(29)15(22)7-13-9-23-10-25-13/h2-5,8-11,15,17-18,24,28H,6-7,22H2,1H3,(H,23,25)(H,26,29)(H,27,30)(H,31,32). The first kappa shape index (κ1) is 23.0. The average molecular weight is 442 g/mol. The first-order valence-corrected chi connectivity index (χ1v) is 10.1. The minimum Gasteiger partial charge on any atom is -0.480 e. The third kappa shape index (κ3) is 5.50. The molecule has 11 heteroatoms. The molecule has 11 nitrogen and oxygen atoms in total. The predicted octanol–water partition coefficient (Wildman–Crippen LogP) is -0.561. The van der Waals surface area contributed by atoms with Gasteiger partial charge >= 0.3 is 5.97 Å². The second kappa shape index (κ2) is 10.1. The number of nitrogens with one attached hydrogen (secondary N) is 4. The molecule has 0 spiro atoms. The molecule has 4 atom stereocenters. The molecule has 2 aromatic heterocycles. The quantitative estimate of drug-likeness (QED) is 0.219. The lowest BCUT2D eigenvalue weighted by atomic mass is 10.0. The van der Waals surface area contributed by atoms with Gasteiger partial charge < -0.3 is 36.5 Å². The van der Waals surface area contributed by atoms with E-state index in [-0.39, 0.29) is 12.8 Å². The number of aliphatic hydroxyl groups is 1. The third-order valence-corrected chi connectivity index (χ3v) is 5.11. The van der Waals surface area contributed by atoms with Gasteiger partial charge in [-0.1, -0.05) is 18.2 Å². The van der Waals surface area contributed by atoms with E-state index in [2.05, 4.69) is 25.6 Å². The van der Waals surface area contributed by atoms with E-state index in [4.69, 9.17) is 5.73 Å². The average Bonchev–Trinajstić information content (AvgIpc) is 3.40. The first-order chi connectivity index (χ1) is 15.3. The lowest BCUT2D eigenvalue weighted by Crippen LogP contribution is -2.57. The van der Waals surface area contributed by atoms with Crippen LogP contribution >= 0.6 is 0 Å². The summed E-state index contributed by atoms with van der Waals surface area (Å²) < 4.78 is 0. The topological polar surface area (TPSA) is 186 Å². The smallest absolute Gasteiger partial charge is 0.328 e. The molecule has 0 bridgehead atoms. The number of aliphatic hydroxyl groups excluding tert-OH is 1. The number of carbonyl (C=O) groups is 3. The van der Waals surface area contributed by atoms with E-state index in [1.165, 1.54) is 13.3 Å². The number of hydrogen-bond acceptors (Lipinski definition) is 6. The number of nitrogens with two attached hydrogens (primary N) is 1. The second-order valence-electron chi connectivity index (χ2n) is 7.58. The molecule has 3 rings (SSSR count). The number of hydrogen-bond donors (Lipinski definition) is 7. The molecule has 0 saturated heterocycles. The molecule has 0 radical (unpaired) electrons. The van der Waals surface area contributed by atoms with Crippen molar-refractivity contribution in [1.29, 1.82) is 0 Å². The molecular formula is C21H26N6O5. The molecule has 8 N–H and O–H groups in total. The highest BCUT2D eigenvalue weighted by Gasteiger charge is 2.31. The molecular weight excluding hydrogens is 416 g/mol. The maximum absolute atomic E-state index is 12.9. The van der Waals surface area contributed by atoms with Gasteiger partial charge in [-0.15, -0.1) is 0 Å². The number of para-hydroxylation sites is 1. The van der Waals surface area contributed by atoms with E-state index >= 15 is 0 Å². The van der Waals surface area contributed by atoms with Crippen LogP contribution in [0.4, 0.5) is 0 Å². The Morgan fingerprint density at radius 2 is 1.88 bits per heavy atom. The van der Waals surface area contributed by atoms with Crippen LogP contribution in [0.5, 0.6) is 0 Å². The number of nitrogens with zero attached hydrogens (tertiary/aromatic N) is 1. The number of amides is 2. The van der Waals surface area contributed by atoms with Gasteiger partial charge in [0, 0.05) is 41.8 Å². The predicted molar refractivity (Wildman–Crippen MR) is 115 cm³/mol. The minimum atomic E-state index is -1.52. The van der Waals surface area contributed by atoms with Gasteiger partial charge in [-0.2, -0.15) is 0 Å². The van der Waals surface area contributed by atoms with E-state index in [1.54, 1.807) is 12.4 Å². The molecule has 32 heavy (non-hydrogen) atoms. The Bertz CT molecular complexity index is 1080. The van der Waals surface area contributed by atoms with Crippen molar-refractivity contribution in [1.82, 2.24) is 25.6 Å². The third-order valence-electron chi connectivity index (χ3n) is 5.11. The SMILES string of the molecule is CC(O)C(NC(=O)C(Cc1c[nH]c2ccccc12)NC(=O)C(N)Cc1cnc[nH]1)C(=O)O. The molecule has 0 saturated carbocycles. The van der Waals surface area contributed by atoms with Gasteiger partial charge in [-0.25, -0.2) is 9.78 Å². The van der Waals surface area contributed by atoms with E-state index in [9.17, 15) is 24.6 Å². The van der Waals surface area contributed by atoms with Crippen LogP contribution in [0, 0.1) is 0 Å². The van der Waals surface area contributed by atoms with Crippen LogP contribution in [-0.2, 0) is 27.2 Å². The summed E-state index contributed by atoms with van der Waals surface area (Å²) in [5.41, 5.74) is 8.26. The van der Waals surface area contributed by atoms with Crippen LogP contribution < -0.4 is 16.4 Å². The zero-order valence-corrected chi connectivity index (χ0v) is 17.4. The normalized spacial score (nSPS) is 15.0. The molecule has 0 aliphatic heterocycles. The largest absolute Gasteiger partial charge is 0.480 e. The number of carboxylic acids is 1. The summed E-state index contributed by atoms with van der Waals surface area (Å²) in [5, 5.41) is 24.8. The molecule has 170 valence electrons. The van der Waals surface area contributed by atoms with Gasteiger partial charge in [0.1, 0.15) is 6.04 Å². The van der Waals surface area contributed by atoms with Crippen molar-refractivity contribution in [2.75, 3.05) is 0 Å². The number of aromatic amines is 2. The van der Waals surface area contributed by atoms with Gasteiger partial charge in [0.05, 0.1) is 18.5 Å². The summed E-state index contributed by atoms with van der Waals surface area (Å²) in [6.45, 7) is 1.26. The number of rotatable bonds is 10. The van der Waals surface area contributed by atoms with Crippen LogP contribution in [0.15, 0.2) is 43.0 Å². The van der Waals surface area contributed by atoms with Crippen molar-refractivity contribution in [3.05, 3.63) is 54.2 Å². The summed E-state index contributed by atoms with van der Waals surface area (Å²) in [5.74, 6) is -2.71. The molecule has 2 heterocycles. The Hall–Kier alpha value is -3.70. The summed E-state index contributed by atoms with van der Waals surface area (Å²) in [6.07, 6.45) is 3.68. The van der Waals surface area contributed by atoms with E-state index in [0.29, 0.717) is 5.69 Å². The molecule has 1 aromatic carbocycles. The van der Waals surface area contributed by atoms with Crippen molar-refractivity contribution in [2.45, 2.75) is 44.0 Å². The number of benzene rings is 1. The summed E-state index contributed by atoms with van der Waals surface area (Å²) >= 11 is 0. The highest BCUT2D eigenvalue weighted by Crippen LogP contribution is 2.19. The number of fused-ring (bicyclic) bond motifs is 1. The van der Waals surface area contributed by atoms with Crippen LogP contribution in [-0.4, -0.2) is 67.2 Å². The van der Waals surface area contributed by atoms with E-state index in [0.717, 1.165) is 16.5 Å². The lowest BCUT2D eigenvalue weighted by molar-refractivity contribution is -0.145. The minimum absolute atomic E-state index is 0.0878.